The highest BCUT2D eigenvalue weighted by atomic mass is 35.5. The monoisotopic (exact) mass is 271 g/mol. The van der Waals surface area contributed by atoms with Crippen LogP contribution in [-0.2, 0) is 11.2 Å². The summed E-state index contributed by atoms with van der Waals surface area (Å²) in [6.45, 7) is 3.84. The first-order valence-corrected chi connectivity index (χ1v) is 6.90. The molecular formula is C13H22ClN3O. The first kappa shape index (κ1) is 15.2. The Balaban J connectivity index is 2.32. The van der Waals surface area contributed by atoms with E-state index in [1.54, 1.807) is 13.2 Å². The number of anilines is 1. The Labute approximate surface area is 114 Å². The van der Waals surface area contributed by atoms with Crippen molar-refractivity contribution in [3.05, 3.63) is 17.0 Å². The van der Waals surface area contributed by atoms with E-state index in [1.165, 1.54) is 0 Å². The average molecular weight is 272 g/mol. The Bertz CT molecular complexity index is 347. The van der Waals surface area contributed by atoms with E-state index in [4.69, 9.17) is 16.3 Å². The van der Waals surface area contributed by atoms with Gasteiger partial charge in [0.15, 0.2) is 0 Å². The molecule has 0 aliphatic heterocycles. The highest BCUT2D eigenvalue weighted by Crippen LogP contribution is 2.12. The van der Waals surface area contributed by atoms with E-state index in [0.29, 0.717) is 5.15 Å². The Morgan fingerprint density at radius 3 is 2.83 bits per heavy atom. The third-order valence-corrected chi connectivity index (χ3v) is 2.74. The van der Waals surface area contributed by atoms with Gasteiger partial charge in [0, 0.05) is 32.7 Å². The summed E-state index contributed by atoms with van der Waals surface area (Å²) in [5.41, 5.74) is 0. The van der Waals surface area contributed by atoms with Gasteiger partial charge in [-0.1, -0.05) is 18.5 Å². The molecule has 5 heteroatoms. The highest BCUT2D eigenvalue weighted by molar-refractivity contribution is 6.29. The summed E-state index contributed by atoms with van der Waals surface area (Å²) >= 11 is 5.96. The van der Waals surface area contributed by atoms with Crippen molar-refractivity contribution < 1.29 is 4.74 Å². The van der Waals surface area contributed by atoms with Crippen LogP contribution in [0.3, 0.4) is 0 Å². The molecule has 0 spiro atoms. The maximum Gasteiger partial charge on any atom is 0.134 e. The number of hydrogen-bond acceptors (Lipinski definition) is 4. The first-order valence-electron chi connectivity index (χ1n) is 6.52. The second-order valence-electron chi connectivity index (χ2n) is 4.22. The predicted octanol–water partition coefficient (Wildman–Crippen LogP) is 3.31. The minimum Gasteiger partial charge on any atom is -0.385 e. The number of ether oxygens (including phenoxy) is 1. The van der Waals surface area contributed by atoms with E-state index in [1.807, 2.05) is 0 Å². The third-order valence-electron chi connectivity index (χ3n) is 2.55. The Morgan fingerprint density at radius 1 is 1.28 bits per heavy atom. The minimum atomic E-state index is 0.510. The minimum absolute atomic E-state index is 0.510. The van der Waals surface area contributed by atoms with Crippen LogP contribution in [0.4, 0.5) is 5.82 Å². The molecule has 0 unspecified atom stereocenters. The normalized spacial score (nSPS) is 10.6. The van der Waals surface area contributed by atoms with Gasteiger partial charge in [-0.05, 0) is 25.7 Å². The summed E-state index contributed by atoms with van der Waals surface area (Å²) in [6.07, 6.45) is 5.25. The molecule has 1 aromatic rings. The summed E-state index contributed by atoms with van der Waals surface area (Å²) in [5, 5.41) is 3.79. The van der Waals surface area contributed by atoms with Gasteiger partial charge >= 0.3 is 0 Å². The molecule has 0 aliphatic rings. The van der Waals surface area contributed by atoms with Crippen LogP contribution in [-0.4, -0.2) is 30.2 Å². The lowest BCUT2D eigenvalue weighted by Gasteiger charge is -2.07. The van der Waals surface area contributed by atoms with Crippen molar-refractivity contribution in [2.24, 2.45) is 0 Å². The molecule has 0 aromatic carbocycles. The lowest BCUT2D eigenvalue weighted by molar-refractivity contribution is 0.192. The first-order chi connectivity index (χ1) is 8.76. The van der Waals surface area contributed by atoms with Crippen LogP contribution in [0, 0.1) is 0 Å². The van der Waals surface area contributed by atoms with E-state index >= 15 is 0 Å². The van der Waals surface area contributed by atoms with Gasteiger partial charge in [0.2, 0.25) is 0 Å². The van der Waals surface area contributed by atoms with Gasteiger partial charge in [-0.25, -0.2) is 9.97 Å². The number of nitrogens with zero attached hydrogens (tertiary/aromatic N) is 2. The van der Waals surface area contributed by atoms with Crippen LogP contribution < -0.4 is 5.32 Å². The van der Waals surface area contributed by atoms with Crippen molar-refractivity contribution >= 4 is 17.4 Å². The van der Waals surface area contributed by atoms with E-state index in [-0.39, 0.29) is 0 Å². The standard InChI is InChI=1S/C13H22ClN3O/c1-3-7-12-16-11(14)10-13(17-12)15-8-5-4-6-9-18-2/h10H,3-9H2,1-2H3,(H,15,16,17). The van der Waals surface area contributed by atoms with Crippen LogP contribution in [0.2, 0.25) is 5.15 Å². The molecule has 0 fully saturated rings. The van der Waals surface area contributed by atoms with Crippen LogP contribution in [0.25, 0.3) is 0 Å². The van der Waals surface area contributed by atoms with E-state index in [9.17, 15) is 0 Å². The number of rotatable bonds is 9. The SMILES string of the molecule is CCCc1nc(Cl)cc(NCCCCCOC)n1. The fourth-order valence-electron chi connectivity index (χ4n) is 1.66. The second kappa shape index (κ2) is 9.11. The maximum absolute atomic E-state index is 5.96. The van der Waals surface area contributed by atoms with E-state index < -0.39 is 0 Å². The lowest BCUT2D eigenvalue weighted by Crippen LogP contribution is -2.06. The molecule has 1 heterocycles. The molecule has 1 N–H and O–H groups in total. The van der Waals surface area contributed by atoms with Crippen molar-refractivity contribution in [3.63, 3.8) is 0 Å². The molecule has 4 nitrogen and oxygen atoms in total. The zero-order valence-corrected chi connectivity index (χ0v) is 12.0. The molecule has 1 rings (SSSR count). The number of nitrogens with one attached hydrogen (secondary N) is 1. The van der Waals surface area contributed by atoms with Gasteiger partial charge in [-0.2, -0.15) is 0 Å². The largest absolute Gasteiger partial charge is 0.385 e. The van der Waals surface area contributed by atoms with Crippen LogP contribution >= 0.6 is 11.6 Å². The molecule has 0 aliphatic carbocycles. The molecule has 0 radical (unpaired) electrons. The maximum atomic E-state index is 5.96. The van der Waals surface area contributed by atoms with Gasteiger partial charge in [-0.15, -0.1) is 0 Å². The molecule has 0 atom stereocenters. The second-order valence-corrected chi connectivity index (χ2v) is 4.61. The third kappa shape index (κ3) is 6.17. The molecule has 18 heavy (non-hydrogen) atoms. The summed E-state index contributed by atoms with van der Waals surface area (Å²) in [7, 11) is 1.73. The predicted molar refractivity (Wildman–Crippen MR) is 75.3 cm³/mol. The van der Waals surface area contributed by atoms with Gasteiger partial charge < -0.3 is 10.1 Å². The summed E-state index contributed by atoms with van der Waals surface area (Å²) in [5.74, 6) is 1.64. The number of unbranched alkanes of at least 4 members (excludes halogenated alkanes) is 2. The molecule has 0 saturated heterocycles. The molecular weight excluding hydrogens is 250 g/mol. The van der Waals surface area contributed by atoms with E-state index in [0.717, 1.165) is 56.9 Å². The number of halogens is 1. The quantitative estimate of drug-likeness (QED) is 0.553. The fourth-order valence-corrected chi connectivity index (χ4v) is 1.86. The van der Waals surface area contributed by atoms with Gasteiger partial charge in [0.05, 0.1) is 0 Å². The van der Waals surface area contributed by atoms with Crippen LogP contribution in [0.5, 0.6) is 0 Å². The number of aryl methyl sites for hydroxylation is 1. The smallest absolute Gasteiger partial charge is 0.134 e. The summed E-state index contributed by atoms with van der Waals surface area (Å²) in [4.78, 5) is 8.62. The zero-order chi connectivity index (χ0) is 13.2. The zero-order valence-electron chi connectivity index (χ0n) is 11.2. The number of aromatic nitrogens is 2. The molecule has 1 aromatic heterocycles. The van der Waals surface area contributed by atoms with Crippen molar-refractivity contribution in [2.75, 3.05) is 25.6 Å². The van der Waals surface area contributed by atoms with Crippen LogP contribution in [0.15, 0.2) is 6.07 Å². The summed E-state index contributed by atoms with van der Waals surface area (Å²) < 4.78 is 5.01. The van der Waals surface area contributed by atoms with Gasteiger partial charge in [-0.3, -0.25) is 0 Å². The molecule has 0 bridgehead atoms. The van der Waals surface area contributed by atoms with Gasteiger partial charge in [0.25, 0.3) is 0 Å². The van der Waals surface area contributed by atoms with Crippen molar-refractivity contribution in [2.45, 2.75) is 39.0 Å². The fraction of sp³-hybridized carbons (Fsp3) is 0.692. The Hall–Kier alpha value is -0.870. The summed E-state index contributed by atoms with van der Waals surface area (Å²) in [6, 6.07) is 1.77. The highest BCUT2D eigenvalue weighted by Gasteiger charge is 2.02. The molecule has 0 saturated carbocycles. The number of hydrogen-bond donors (Lipinski definition) is 1. The van der Waals surface area contributed by atoms with Crippen molar-refractivity contribution in [1.82, 2.24) is 9.97 Å². The van der Waals surface area contributed by atoms with Crippen LogP contribution in [0.1, 0.15) is 38.4 Å². The molecule has 102 valence electrons. The topological polar surface area (TPSA) is 47.0 Å². The van der Waals surface area contributed by atoms with Crippen molar-refractivity contribution in [1.29, 1.82) is 0 Å². The van der Waals surface area contributed by atoms with Crippen molar-refractivity contribution in [3.8, 4) is 0 Å². The average Bonchev–Trinajstić information content (AvgIpc) is 2.33. The molecule has 0 amide bonds. The lowest BCUT2D eigenvalue weighted by atomic mass is 10.2. The Morgan fingerprint density at radius 2 is 2.11 bits per heavy atom. The van der Waals surface area contributed by atoms with E-state index in [2.05, 4.69) is 22.2 Å². The Kier molecular flexibility index (Phi) is 7.69. The number of methoxy groups -OCH3 is 1. The van der Waals surface area contributed by atoms with Gasteiger partial charge in [0.1, 0.15) is 16.8 Å².